The fourth-order valence-electron chi connectivity index (χ4n) is 10.4. The average molecular weight is 1200 g/mol. The molecule has 0 bridgehead atoms. The van der Waals surface area contributed by atoms with Gasteiger partial charge in [-0.05, 0) is 96.6 Å². The molecule has 1 fully saturated rings. The Morgan fingerprint density at radius 1 is 0.407 bits per heavy atom. The Morgan fingerprint density at radius 3 is 0.953 bits per heavy atom. The third kappa shape index (κ3) is 19.8. The largest absolute Gasteiger partial charge is 0.451 e. The molecule has 3 heterocycles. The molecule has 0 N–H and O–H groups in total. The molecule has 86 heavy (non-hydrogen) atoms. The van der Waals surface area contributed by atoms with E-state index in [-0.39, 0.29) is 75.3 Å². The predicted molar refractivity (Wildman–Crippen MR) is 317 cm³/mol. The molecule has 472 valence electrons. The number of hydrogen-bond donors (Lipinski definition) is 0. The highest BCUT2D eigenvalue weighted by molar-refractivity contribution is 5.94. The highest BCUT2D eigenvalue weighted by atomic mass is 19.1. The van der Waals surface area contributed by atoms with Gasteiger partial charge in [0.05, 0.1) is 25.5 Å². The number of hydrogen-bond acceptors (Lipinski definition) is 14. The summed E-state index contributed by atoms with van der Waals surface area (Å²) in [5.74, 6) is -7.77. The SMILES string of the molecule is CC(C)C[C@H]1C(=O)O[C@H](Cc2ccc(Cc3cnn(CCF)c3)cc2)C(=O)N(C)[C@@H](CC(C)C)C(=O)O[C@H](C)C(=O)N(C)[C@@H](CC(C)C)C(=O)O[C@H](Cc2ccc(Cc3cnn(CCF)c3)cc2)C(=O)N(C)[C@@H](CC(C)C)C(=O)O[C@H](C)C(=O)N1C. The molecule has 4 aromatic rings. The maximum atomic E-state index is 15.0. The Bertz CT molecular complexity index is 2700. The average Bonchev–Trinajstić information content (AvgIpc) is 3.62. The molecule has 2 aromatic carbocycles. The smallest absolute Gasteiger partial charge is 0.329 e. The van der Waals surface area contributed by atoms with E-state index in [9.17, 15) is 37.5 Å². The maximum Gasteiger partial charge on any atom is 0.329 e. The first-order valence-corrected chi connectivity index (χ1v) is 29.8. The second kappa shape index (κ2) is 32.3. The highest BCUT2D eigenvalue weighted by Gasteiger charge is 2.43. The van der Waals surface area contributed by atoms with Crippen molar-refractivity contribution >= 4 is 47.5 Å². The van der Waals surface area contributed by atoms with Crippen LogP contribution in [0.15, 0.2) is 73.3 Å². The molecular formula is C64H90F2N8O12. The number of carbonyl (C=O) groups is 8. The van der Waals surface area contributed by atoms with Crippen LogP contribution in [0.2, 0.25) is 0 Å². The lowest BCUT2D eigenvalue weighted by Crippen LogP contribution is -2.55. The summed E-state index contributed by atoms with van der Waals surface area (Å²) in [4.78, 5) is 122. The number of cyclic esters (lactones) is 4. The number of esters is 4. The van der Waals surface area contributed by atoms with E-state index >= 15 is 9.59 Å². The van der Waals surface area contributed by atoms with E-state index in [0.29, 0.717) is 24.0 Å². The number of nitrogens with zero attached hydrogens (tertiary/aromatic N) is 8. The number of carbonyl (C=O) groups excluding carboxylic acids is 8. The van der Waals surface area contributed by atoms with Crippen molar-refractivity contribution in [1.29, 1.82) is 0 Å². The van der Waals surface area contributed by atoms with Gasteiger partial charge < -0.3 is 38.5 Å². The minimum absolute atomic E-state index is 0.0547. The molecule has 20 nitrogen and oxygen atoms in total. The number of rotatable bonds is 20. The van der Waals surface area contributed by atoms with E-state index < -0.39 is 109 Å². The van der Waals surface area contributed by atoms with Crippen molar-refractivity contribution < 1.29 is 66.1 Å². The Kier molecular flexibility index (Phi) is 26.0. The van der Waals surface area contributed by atoms with E-state index in [2.05, 4.69) is 10.2 Å². The van der Waals surface area contributed by atoms with Gasteiger partial charge in [-0.3, -0.25) is 28.5 Å². The van der Waals surface area contributed by atoms with Crippen molar-refractivity contribution in [1.82, 2.24) is 39.2 Å². The minimum atomic E-state index is -1.57. The molecule has 22 heteroatoms. The van der Waals surface area contributed by atoms with Crippen LogP contribution in [0.25, 0.3) is 0 Å². The zero-order valence-electron chi connectivity index (χ0n) is 52.6. The number of halogens is 2. The van der Waals surface area contributed by atoms with E-state index in [0.717, 1.165) is 41.9 Å². The Labute approximate surface area is 505 Å². The van der Waals surface area contributed by atoms with Gasteiger partial charge in [0.2, 0.25) is 0 Å². The first kappa shape index (κ1) is 69.3. The zero-order valence-corrected chi connectivity index (χ0v) is 52.6. The van der Waals surface area contributed by atoms with Gasteiger partial charge in [-0.2, -0.15) is 10.2 Å². The fourth-order valence-corrected chi connectivity index (χ4v) is 10.4. The summed E-state index contributed by atoms with van der Waals surface area (Å²) in [5.41, 5.74) is 4.61. The summed E-state index contributed by atoms with van der Waals surface area (Å²) in [6.07, 6.45) is 1.47. The molecule has 0 radical (unpaired) electrons. The molecule has 0 spiro atoms. The van der Waals surface area contributed by atoms with Crippen molar-refractivity contribution in [3.05, 3.63) is 107 Å². The lowest BCUT2D eigenvalue weighted by Gasteiger charge is -2.35. The summed E-state index contributed by atoms with van der Waals surface area (Å²) in [5, 5.41) is 8.41. The second-order valence-electron chi connectivity index (χ2n) is 24.4. The van der Waals surface area contributed by atoms with Crippen molar-refractivity contribution in [3.63, 3.8) is 0 Å². The summed E-state index contributed by atoms with van der Waals surface area (Å²) >= 11 is 0. The molecule has 0 aliphatic carbocycles. The molecule has 4 amide bonds. The summed E-state index contributed by atoms with van der Waals surface area (Å²) in [6.45, 7) is 16.5. The van der Waals surface area contributed by atoms with Crippen LogP contribution in [0.5, 0.6) is 0 Å². The van der Waals surface area contributed by atoms with Crippen molar-refractivity contribution in [2.24, 2.45) is 23.7 Å². The maximum absolute atomic E-state index is 15.0. The van der Waals surface area contributed by atoms with Crippen LogP contribution in [0, 0.1) is 23.7 Å². The number of aryl methyl sites for hydroxylation is 2. The monoisotopic (exact) mass is 1200 g/mol. The first-order valence-electron chi connectivity index (χ1n) is 29.8. The molecule has 1 aliphatic rings. The molecule has 1 saturated heterocycles. The van der Waals surface area contributed by atoms with Crippen molar-refractivity contribution in [2.75, 3.05) is 41.5 Å². The van der Waals surface area contributed by atoms with Gasteiger partial charge in [0, 0.05) is 66.3 Å². The molecule has 0 saturated carbocycles. The fraction of sp³-hybridized carbons (Fsp3) is 0.594. The summed E-state index contributed by atoms with van der Waals surface area (Å²) in [7, 11) is 5.49. The summed E-state index contributed by atoms with van der Waals surface area (Å²) in [6, 6.07) is 9.17. The van der Waals surface area contributed by atoms with Crippen LogP contribution in [0.4, 0.5) is 8.78 Å². The normalized spacial score (nSPS) is 22.5. The van der Waals surface area contributed by atoms with E-state index in [4.69, 9.17) is 18.9 Å². The molecule has 1 aliphatic heterocycles. The van der Waals surface area contributed by atoms with E-state index in [1.807, 2.05) is 79.7 Å². The Morgan fingerprint density at radius 2 is 0.674 bits per heavy atom. The third-order valence-corrected chi connectivity index (χ3v) is 15.2. The van der Waals surface area contributed by atoms with Gasteiger partial charge in [0.15, 0.2) is 24.4 Å². The highest BCUT2D eigenvalue weighted by Crippen LogP contribution is 2.25. The number of ether oxygens (including phenoxy) is 4. The molecule has 2 aromatic heterocycles. The third-order valence-electron chi connectivity index (χ3n) is 15.2. The second-order valence-corrected chi connectivity index (χ2v) is 24.4. The molecule has 8 atom stereocenters. The Hall–Kier alpha value is -7.52. The number of alkyl halides is 2. The van der Waals surface area contributed by atoms with Gasteiger partial charge in [-0.1, -0.05) is 104 Å². The van der Waals surface area contributed by atoms with E-state index in [1.165, 1.54) is 51.4 Å². The van der Waals surface area contributed by atoms with Crippen molar-refractivity contribution in [2.45, 2.75) is 182 Å². The number of likely N-dealkylation sites (N-methyl/N-ethyl adjacent to an activating group) is 4. The number of aromatic nitrogens is 4. The zero-order chi connectivity index (χ0) is 63.7. The molecule has 5 rings (SSSR count). The number of benzene rings is 2. The van der Waals surface area contributed by atoms with Gasteiger partial charge in [-0.15, -0.1) is 0 Å². The van der Waals surface area contributed by atoms with Crippen molar-refractivity contribution in [3.8, 4) is 0 Å². The van der Waals surface area contributed by atoms with Crippen LogP contribution in [-0.2, 0) is 96.1 Å². The first-order chi connectivity index (χ1) is 40.6. The molecule has 0 unspecified atom stereocenters. The predicted octanol–water partition coefficient (Wildman–Crippen LogP) is 7.18. The van der Waals surface area contributed by atoms with Gasteiger partial charge >= 0.3 is 23.9 Å². The van der Waals surface area contributed by atoms with Gasteiger partial charge in [0.1, 0.15) is 37.5 Å². The number of amides is 4. The quantitative estimate of drug-likeness (QED) is 0.0632. The van der Waals surface area contributed by atoms with Crippen LogP contribution in [-0.4, -0.2) is 177 Å². The van der Waals surface area contributed by atoms with Crippen LogP contribution >= 0.6 is 0 Å². The minimum Gasteiger partial charge on any atom is -0.451 e. The van der Waals surface area contributed by atoms with Crippen LogP contribution in [0.3, 0.4) is 0 Å². The van der Waals surface area contributed by atoms with Crippen LogP contribution < -0.4 is 0 Å². The molecular weight excluding hydrogens is 1110 g/mol. The lowest BCUT2D eigenvalue weighted by molar-refractivity contribution is -0.176. The standard InChI is InChI=1S/C64H90F2N8O12/c1-39(2)27-51-61(79)83-43(9)57(75)69(11)54(30-42(7)8)64(82)86-56(34-48-21-17-46(18-22-48)32-50-36-68-74(38-50)26-24-66)60(78)72(14)52(28-40(3)4)62(80)84-44(10)58(76)70(12)53(29-41(5)6)63(81)85-55(59(77)71(51)13)33-47-19-15-45(16-20-47)31-49-35-67-73(37-49)25-23-65/h15-22,35-44,51-56H,23-34H2,1-14H3/t43-,44-,51+,52+,53+,54+,55-,56-/m1/s1. The summed E-state index contributed by atoms with van der Waals surface area (Å²) < 4.78 is 53.3. The van der Waals surface area contributed by atoms with Crippen LogP contribution in [0.1, 0.15) is 128 Å². The Balaban J connectivity index is 1.57. The van der Waals surface area contributed by atoms with Gasteiger partial charge in [-0.25, -0.2) is 28.0 Å². The lowest BCUT2D eigenvalue weighted by atomic mass is 9.99. The van der Waals surface area contributed by atoms with Gasteiger partial charge in [0.25, 0.3) is 23.6 Å². The van der Waals surface area contributed by atoms with E-state index in [1.54, 1.807) is 49.1 Å². The topological polar surface area (TPSA) is 222 Å².